The van der Waals surface area contributed by atoms with Gasteiger partial charge in [0.05, 0.1) is 5.51 Å². The van der Waals surface area contributed by atoms with E-state index in [1.807, 2.05) is 10.3 Å². The molecule has 0 unspecified atom stereocenters. The van der Waals surface area contributed by atoms with E-state index >= 15 is 0 Å². The molecule has 1 amide bonds. The van der Waals surface area contributed by atoms with Gasteiger partial charge in [0, 0.05) is 18.0 Å². The summed E-state index contributed by atoms with van der Waals surface area (Å²) in [5.74, 6) is 0.695. The molecular weight excluding hydrogens is 246 g/mol. The van der Waals surface area contributed by atoms with Crippen LogP contribution in [0.2, 0.25) is 0 Å². The summed E-state index contributed by atoms with van der Waals surface area (Å²) >= 11 is 1.47. The molecule has 0 aliphatic carbocycles. The van der Waals surface area contributed by atoms with Gasteiger partial charge in [0.1, 0.15) is 5.69 Å². The zero-order valence-electron chi connectivity index (χ0n) is 11.1. The van der Waals surface area contributed by atoms with E-state index in [0.29, 0.717) is 11.6 Å². The summed E-state index contributed by atoms with van der Waals surface area (Å²) in [6.45, 7) is 7.15. The lowest BCUT2D eigenvalue weighted by molar-refractivity contribution is 0.0653. The van der Waals surface area contributed by atoms with Crippen molar-refractivity contribution in [2.24, 2.45) is 5.92 Å². The Morgan fingerprint density at radius 3 is 2.83 bits per heavy atom. The van der Waals surface area contributed by atoms with E-state index < -0.39 is 0 Å². The third-order valence-corrected chi connectivity index (χ3v) is 4.04. The minimum Gasteiger partial charge on any atom is -0.335 e. The second kappa shape index (κ2) is 6.29. The van der Waals surface area contributed by atoms with Crippen LogP contribution in [-0.2, 0) is 0 Å². The summed E-state index contributed by atoms with van der Waals surface area (Å²) in [5.41, 5.74) is 2.30. The zero-order chi connectivity index (χ0) is 13.0. The van der Waals surface area contributed by atoms with Gasteiger partial charge in [-0.2, -0.15) is 0 Å². The van der Waals surface area contributed by atoms with E-state index in [1.165, 1.54) is 11.3 Å². The highest BCUT2D eigenvalue weighted by molar-refractivity contribution is 7.07. The zero-order valence-corrected chi connectivity index (χ0v) is 11.9. The number of hydrogen-bond donors (Lipinski definition) is 1. The van der Waals surface area contributed by atoms with Gasteiger partial charge in [0.2, 0.25) is 0 Å². The second-order valence-corrected chi connectivity index (χ2v) is 5.84. The fraction of sp³-hybridized carbons (Fsp3) is 0.692. The molecule has 2 heterocycles. The first kappa shape index (κ1) is 13.5. The summed E-state index contributed by atoms with van der Waals surface area (Å²) in [4.78, 5) is 18.5. The summed E-state index contributed by atoms with van der Waals surface area (Å²) in [7, 11) is 0. The van der Waals surface area contributed by atoms with Crippen LogP contribution in [0.3, 0.4) is 0 Å². The SMILES string of the molecule is CC(C)N(CC1CCNCC1)C(=O)c1cscn1. The number of rotatable bonds is 4. The van der Waals surface area contributed by atoms with Gasteiger partial charge < -0.3 is 10.2 Å². The molecule has 0 spiro atoms. The molecule has 0 bridgehead atoms. The molecule has 5 heteroatoms. The largest absolute Gasteiger partial charge is 0.335 e. The molecule has 0 atom stereocenters. The first-order valence-electron chi connectivity index (χ1n) is 6.58. The molecule has 4 nitrogen and oxygen atoms in total. The van der Waals surface area contributed by atoms with Gasteiger partial charge in [-0.1, -0.05) is 0 Å². The maximum absolute atomic E-state index is 12.4. The topological polar surface area (TPSA) is 45.2 Å². The Labute approximate surface area is 112 Å². The molecule has 1 fully saturated rings. The van der Waals surface area contributed by atoms with Gasteiger partial charge in [-0.25, -0.2) is 4.98 Å². The molecule has 18 heavy (non-hydrogen) atoms. The Balaban J connectivity index is 2.01. The third kappa shape index (κ3) is 3.29. The van der Waals surface area contributed by atoms with Crippen molar-refractivity contribution in [2.45, 2.75) is 32.7 Å². The number of thiazole rings is 1. The number of hydrogen-bond acceptors (Lipinski definition) is 4. The number of piperidine rings is 1. The van der Waals surface area contributed by atoms with E-state index in [9.17, 15) is 4.79 Å². The van der Waals surface area contributed by atoms with Gasteiger partial charge in [-0.15, -0.1) is 11.3 Å². The fourth-order valence-corrected chi connectivity index (χ4v) is 2.86. The van der Waals surface area contributed by atoms with E-state index in [1.54, 1.807) is 5.51 Å². The molecule has 0 saturated carbocycles. The van der Waals surface area contributed by atoms with E-state index in [-0.39, 0.29) is 11.9 Å². The second-order valence-electron chi connectivity index (χ2n) is 5.12. The summed E-state index contributed by atoms with van der Waals surface area (Å²) in [6.07, 6.45) is 2.32. The van der Waals surface area contributed by atoms with Crippen molar-refractivity contribution in [3.8, 4) is 0 Å². The average Bonchev–Trinajstić information content (AvgIpc) is 2.90. The fourth-order valence-electron chi connectivity index (χ4n) is 2.34. The number of nitrogens with zero attached hydrogens (tertiary/aromatic N) is 2. The van der Waals surface area contributed by atoms with Gasteiger partial charge in [-0.05, 0) is 45.7 Å². The first-order chi connectivity index (χ1) is 8.68. The highest BCUT2D eigenvalue weighted by Crippen LogP contribution is 2.17. The van der Waals surface area contributed by atoms with Crippen LogP contribution in [0.25, 0.3) is 0 Å². The van der Waals surface area contributed by atoms with Crippen molar-refractivity contribution >= 4 is 17.2 Å². The molecule has 1 N–H and O–H groups in total. The number of nitrogens with one attached hydrogen (secondary N) is 1. The predicted molar refractivity (Wildman–Crippen MR) is 73.9 cm³/mol. The van der Waals surface area contributed by atoms with Crippen LogP contribution in [0.4, 0.5) is 0 Å². The van der Waals surface area contributed by atoms with Crippen molar-refractivity contribution in [3.05, 3.63) is 16.6 Å². The quantitative estimate of drug-likeness (QED) is 0.907. The van der Waals surface area contributed by atoms with Crippen LogP contribution < -0.4 is 5.32 Å². The lowest BCUT2D eigenvalue weighted by Crippen LogP contribution is -2.43. The maximum atomic E-state index is 12.4. The van der Waals surface area contributed by atoms with Crippen LogP contribution in [0.1, 0.15) is 37.2 Å². The van der Waals surface area contributed by atoms with Crippen molar-refractivity contribution in [1.29, 1.82) is 0 Å². The molecule has 0 radical (unpaired) electrons. The number of aromatic nitrogens is 1. The molecular formula is C13H21N3OS. The lowest BCUT2D eigenvalue weighted by atomic mass is 9.97. The molecule has 100 valence electrons. The minimum absolute atomic E-state index is 0.0739. The molecule has 1 saturated heterocycles. The van der Waals surface area contributed by atoms with Crippen molar-refractivity contribution in [2.75, 3.05) is 19.6 Å². The van der Waals surface area contributed by atoms with Crippen LogP contribution in [0.15, 0.2) is 10.9 Å². The Morgan fingerprint density at radius 1 is 1.56 bits per heavy atom. The molecule has 1 aliphatic rings. The van der Waals surface area contributed by atoms with Gasteiger partial charge in [0.15, 0.2) is 0 Å². The summed E-state index contributed by atoms with van der Waals surface area (Å²) in [6, 6.07) is 0.231. The van der Waals surface area contributed by atoms with Crippen molar-refractivity contribution in [3.63, 3.8) is 0 Å². The van der Waals surface area contributed by atoms with Gasteiger partial charge >= 0.3 is 0 Å². The van der Waals surface area contributed by atoms with Crippen LogP contribution >= 0.6 is 11.3 Å². The van der Waals surface area contributed by atoms with E-state index in [2.05, 4.69) is 24.1 Å². The minimum atomic E-state index is 0.0739. The highest BCUT2D eigenvalue weighted by Gasteiger charge is 2.24. The Morgan fingerprint density at radius 2 is 2.28 bits per heavy atom. The van der Waals surface area contributed by atoms with Crippen LogP contribution in [-0.4, -0.2) is 41.5 Å². The van der Waals surface area contributed by atoms with Crippen LogP contribution in [0.5, 0.6) is 0 Å². The standard InChI is InChI=1S/C13H21N3OS/c1-10(2)16(7-11-3-5-14-6-4-11)13(17)12-8-18-9-15-12/h8-11,14H,3-7H2,1-2H3. The van der Waals surface area contributed by atoms with E-state index in [4.69, 9.17) is 0 Å². The third-order valence-electron chi connectivity index (χ3n) is 3.45. The molecule has 1 aromatic heterocycles. The van der Waals surface area contributed by atoms with E-state index in [0.717, 1.165) is 32.5 Å². The lowest BCUT2D eigenvalue weighted by Gasteiger charge is -2.32. The van der Waals surface area contributed by atoms with Crippen molar-refractivity contribution < 1.29 is 4.79 Å². The Kier molecular flexibility index (Phi) is 4.72. The first-order valence-corrected chi connectivity index (χ1v) is 7.52. The normalized spacial score (nSPS) is 17.1. The maximum Gasteiger partial charge on any atom is 0.273 e. The molecule has 1 aliphatic heterocycles. The van der Waals surface area contributed by atoms with Gasteiger partial charge in [0.25, 0.3) is 5.91 Å². The summed E-state index contributed by atoms with van der Waals surface area (Å²) < 4.78 is 0. The van der Waals surface area contributed by atoms with Crippen molar-refractivity contribution in [1.82, 2.24) is 15.2 Å². The molecule has 2 rings (SSSR count). The van der Waals surface area contributed by atoms with Crippen LogP contribution in [0, 0.1) is 5.92 Å². The molecule has 0 aromatic carbocycles. The van der Waals surface area contributed by atoms with Gasteiger partial charge in [-0.3, -0.25) is 4.79 Å². The highest BCUT2D eigenvalue weighted by atomic mass is 32.1. The molecule has 1 aromatic rings. The number of carbonyl (C=O) groups excluding carboxylic acids is 1. The average molecular weight is 267 g/mol. The Bertz CT molecular complexity index is 372. The predicted octanol–water partition coefficient (Wildman–Crippen LogP) is 1.99. The smallest absolute Gasteiger partial charge is 0.273 e. The Hall–Kier alpha value is -0.940. The summed E-state index contributed by atoms with van der Waals surface area (Å²) in [5, 5.41) is 5.19. The monoisotopic (exact) mass is 267 g/mol. The number of amides is 1. The number of carbonyl (C=O) groups is 1.